The van der Waals surface area contributed by atoms with E-state index in [9.17, 15) is 0 Å². The van der Waals surface area contributed by atoms with Crippen molar-refractivity contribution in [2.24, 2.45) is 0 Å². The predicted molar refractivity (Wildman–Crippen MR) is 91.7 cm³/mol. The van der Waals surface area contributed by atoms with Crippen LogP contribution in [0.1, 0.15) is 27.7 Å². The van der Waals surface area contributed by atoms with Gasteiger partial charge in [0.25, 0.3) is 0 Å². The molecule has 0 amide bonds. The molecule has 0 spiro atoms. The Hall–Kier alpha value is -1.24. The first kappa shape index (κ1) is 16.6. The predicted octanol–water partition coefficient (Wildman–Crippen LogP) is 1.83. The Morgan fingerprint density at radius 1 is 1.04 bits per heavy atom. The van der Waals surface area contributed by atoms with Crippen LogP contribution in [0.4, 0.5) is 5.69 Å². The van der Waals surface area contributed by atoms with Gasteiger partial charge < -0.3 is 23.7 Å². The van der Waals surface area contributed by atoms with E-state index in [4.69, 9.17) is 18.8 Å². The van der Waals surface area contributed by atoms with Gasteiger partial charge in [-0.05, 0) is 33.8 Å². The number of anilines is 1. The molecule has 0 bridgehead atoms. The molecule has 1 aromatic carbocycles. The summed E-state index contributed by atoms with van der Waals surface area (Å²) in [6, 6.07) is 6.21. The number of rotatable bonds is 3. The lowest BCUT2D eigenvalue weighted by Gasteiger charge is -2.32. The summed E-state index contributed by atoms with van der Waals surface area (Å²) < 4.78 is 23.3. The number of hydrogen-bond acceptors (Lipinski definition) is 5. The maximum Gasteiger partial charge on any atom is 0.498 e. The highest BCUT2D eigenvalue weighted by molar-refractivity contribution is 6.63. The molecule has 0 aliphatic carbocycles. The third-order valence-corrected chi connectivity index (χ3v) is 5.10. The van der Waals surface area contributed by atoms with Crippen molar-refractivity contribution in [3.05, 3.63) is 18.2 Å². The summed E-state index contributed by atoms with van der Waals surface area (Å²) in [5.41, 5.74) is 1.37. The third kappa shape index (κ3) is 3.07. The van der Waals surface area contributed by atoms with Gasteiger partial charge in [0.1, 0.15) is 5.75 Å². The highest BCUT2D eigenvalue weighted by atomic mass is 16.7. The summed E-state index contributed by atoms with van der Waals surface area (Å²) >= 11 is 0. The van der Waals surface area contributed by atoms with Crippen LogP contribution in [-0.4, -0.2) is 51.7 Å². The normalized spacial score (nSPS) is 23.2. The minimum absolute atomic E-state index is 0.356. The Bertz CT molecular complexity index is 554. The lowest BCUT2D eigenvalue weighted by atomic mass is 9.78. The van der Waals surface area contributed by atoms with Crippen LogP contribution in [0.15, 0.2) is 18.2 Å². The van der Waals surface area contributed by atoms with Crippen LogP contribution in [0.3, 0.4) is 0 Å². The molecule has 3 rings (SSSR count). The number of hydrogen-bond donors (Lipinski definition) is 0. The van der Waals surface area contributed by atoms with Crippen LogP contribution < -0.4 is 15.1 Å². The second kappa shape index (κ2) is 6.00. The van der Waals surface area contributed by atoms with Crippen LogP contribution >= 0.6 is 0 Å². The smallest absolute Gasteiger partial charge is 0.497 e. The fourth-order valence-corrected chi connectivity index (χ4v) is 2.88. The number of benzene rings is 1. The maximum atomic E-state index is 6.14. The van der Waals surface area contributed by atoms with Gasteiger partial charge in [-0.2, -0.15) is 0 Å². The molecule has 2 heterocycles. The molecule has 0 atom stereocenters. The largest absolute Gasteiger partial charge is 0.498 e. The number of methoxy groups -OCH3 is 1. The Morgan fingerprint density at radius 2 is 1.65 bits per heavy atom. The Kier molecular flexibility index (Phi) is 4.34. The summed E-state index contributed by atoms with van der Waals surface area (Å²) in [6.07, 6.45) is 0. The van der Waals surface area contributed by atoms with Gasteiger partial charge in [-0.3, -0.25) is 0 Å². The molecule has 0 unspecified atom stereocenters. The SMILES string of the molecule is COc1cc(N2CCOCC2)ccc1B1OC(C)(C)C(C)(C)O1. The van der Waals surface area contributed by atoms with E-state index in [1.54, 1.807) is 7.11 Å². The molecule has 2 aliphatic rings. The van der Waals surface area contributed by atoms with E-state index < -0.39 is 7.12 Å². The molecule has 23 heavy (non-hydrogen) atoms. The lowest BCUT2D eigenvalue weighted by molar-refractivity contribution is 0.00578. The first-order valence-corrected chi connectivity index (χ1v) is 8.20. The highest BCUT2D eigenvalue weighted by Crippen LogP contribution is 2.37. The molecule has 2 fully saturated rings. The van der Waals surface area contributed by atoms with Crippen molar-refractivity contribution in [1.29, 1.82) is 0 Å². The first-order chi connectivity index (χ1) is 10.8. The van der Waals surface area contributed by atoms with Crippen LogP contribution in [0.2, 0.25) is 0 Å². The van der Waals surface area contributed by atoms with Crippen molar-refractivity contribution in [1.82, 2.24) is 0 Å². The van der Waals surface area contributed by atoms with Gasteiger partial charge in [-0.15, -0.1) is 0 Å². The molecule has 0 N–H and O–H groups in total. The Balaban J connectivity index is 1.86. The summed E-state index contributed by atoms with van der Waals surface area (Å²) in [5, 5.41) is 0. The maximum absolute atomic E-state index is 6.14. The Labute approximate surface area is 139 Å². The van der Waals surface area contributed by atoms with Gasteiger partial charge >= 0.3 is 7.12 Å². The first-order valence-electron chi connectivity index (χ1n) is 8.20. The van der Waals surface area contributed by atoms with Crippen molar-refractivity contribution >= 4 is 18.3 Å². The minimum Gasteiger partial charge on any atom is -0.497 e. The zero-order valence-corrected chi connectivity index (χ0v) is 14.7. The second-order valence-electron chi connectivity index (χ2n) is 7.11. The number of ether oxygens (including phenoxy) is 2. The topological polar surface area (TPSA) is 40.2 Å². The summed E-state index contributed by atoms with van der Waals surface area (Å²) in [5.74, 6) is 0.799. The van der Waals surface area contributed by atoms with E-state index in [-0.39, 0.29) is 11.2 Å². The monoisotopic (exact) mass is 319 g/mol. The summed E-state index contributed by atoms with van der Waals surface area (Å²) in [7, 11) is 1.28. The van der Waals surface area contributed by atoms with E-state index >= 15 is 0 Å². The molecule has 6 heteroatoms. The fraction of sp³-hybridized carbons (Fsp3) is 0.647. The van der Waals surface area contributed by atoms with Gasteiger partial charge in [0.15, 0.2) is 0 Å². The van der Waals surface area contributed by atoms with Crippen molar-refractivity contribution in [2.45, 2.75) is 38.9 Å². The van der Waals surface area contributed by atoms with E-state index in [1.165, 1.54) is 0 Å². The Morgan fingerprint density at radius 3 is 2.22 bits per heavy atom. The van der Waals surface area contributed by atoms with E-state index in [2.05, 4.69) is 44.7 Å². The van der Waals surface area contributed by atoms with Gasteiger partial charge in [-0.25, -0.2) is 0 Å². The zero-order chi connectivity index (χ0) is 16.7. The standard InChI is InChI=1S/C17H26BNO4/c1-16(2)17(3,4)23-18(22-16)14-7-6-13(12-15(14)20-5)19-8-10-21-11-9-19/h6-7,12H,8-11H2,1-5H3. The van der Waals surface area contributed by atoms with E-state index in [0.717, 1.165) is 43.2 Å². The van der Waals surface area contributed by atoms with E-state index in [1.807, 2.05) is 6.07 Å². The average molecular weight is 319 g/mol. The third-order valence-electron chi connectivity index (χ3n) is 5.10. The molecular formula is C17H26BNO4. The molecule has 126 valence electrons. The minimum atomic E-state index is -0.409. The second-order valence-corrected chi connectivity index (χ2v) is 7.11. The molecule has 0 aromatic heterocycles. The molecule has 2 saturated heterocycles. The number of nitrogens with zero attached hydrogens (tertiary/aromatic N) is 1. The quantitative estimate of drug-likeness (QED) is 0.795. The van der Waals surface area contributed by atoms with Gasteiger partial charge in [0.2, 0.25) is 0 Å². The highest BCUT2D eigenvalue weighted by Gasteiger charge is 2.52. The van der Waals surface area contributed by atoms with Gasteiger partial charge in [0.05, 0.1) is 31.5 Å². The molecule has 0 saturated carbocycles. The summed E-state index contributed by atoms with van der Waals surface area (Å²) in [6.45, 7) is 11.6. The van der Waals surface area contributed by atoms with Crippen molar-refractivity contribution in [3.8, 4) is 5.75 Å². The molecule has 0 radical (unpaired) electrons. The van der Waals surface area contributed by atoms with Crippen LogP contribution in [-0.2, 0) is 14.0 Å². The van der Waals surface area contributed by atoms with Crippen LogP contribution in [0.25, 0.3) is 0 Å². The van der Waals surface area contributed by atoms with Crippen LogP contribution in [0, 0.1) is 0 Å². The van der Waals surface area contributed by atoms with Crippen molar-refractivity contribution in [3.63, 3.8) is 0 Å². The van der Waals surface area contributed by atoms with Crippen molar-refractivity contribution in [2.75, 3.05) is 38.3 Å². The van der Waals surface area contributed by atoms with Crippen molar-refractivity contribution < 1.29 is 18.8 Å². The molecular weight excluding hydrogens is 293 g/mol. The average Bonchev–Trinajstić information content (AvgIpc) is 2.75. The van der Waals surface area contributed by atoms with Gasteiger partial charge in [-0.1, -0.05) is 6.07 Å². The van der Waals surface area contributed by atoms with E-state index in [0.29, 0.717) is 0 Å². The number of morpholine rings is 1. The fourth-order valence-electron chi connectivity index (χ4n) is 2.88. The van der Waals surface area contributed by atoms with Crippen LogP contribution in [0.5, 0.6) is 5.75 Å². The summed E-state index contributed by atoms with van der Waals surface area (Å²) in [4.78, 5) is 2.31. The van der Waals surface area contributed by atoms with Gasteiger partial charge in [0, 0.05) is 30.3 Å². The zero-order valence-electron chi connectivity index (χ0n) is 14.7. The molecule has 5 nitrogen and oxygen atoms in total. The molecule has 1 aromatic rings. The lowest BCUT2D eigenvalue weighted by Crippen LogP contribution is -2.41. The molecule has 2 aliphatic heterocycles.